The molecule has 80 valence electrons. The van der Waals surface area contributed by atoms with Gasteiger partial charge in [-0.25, -0.2) is 9.59 Å². The van der Waals surface area contributed by atoms with E-state index < -0.39 is 11.9 Å². The van der Waals surface area contributed by atoms with Gasteiger partial charge in [-0.2, -0.15) is 0 Å². The Balaban J connectivity index is 0.000000262. The second kappa shape index (κ2) is 6.08. The summed E-state index contributed by atoms with van der Waals surface area (Å²) in [5.41, 5.74) is 0. The SMILES string of the molecule is O=C(O)/C=C\C(=O)O.O=C1C=CC(=O)N1. The molecule has 0 saturated heterocycles. The zero-order valence-electron chi connectivity index (χ0n) is 7.34. The van der Waals surface area contributed by atoms with Gasteiger partial charge in [0.25, 0.3) is 11.8 Å². The standard InChI is InChI=1S/C4H3NO2.C4H4O4/c6-3-1-2-4(7)5-3;5-3(6)1-2-4(7)8/h1-2H,(H,5,6,7);1-2H,(H,5,6)(H,7,8)/b;2-1-. The first-order chi connectivity index (χ1) is 6.91. The van der Waals surface area contributed by atoms with Crippen LogP contribution in [-0.2, 0) is 19.2 Å². The summed E-state index contributed by atoms with van der Waals surface area (Å²) < 4.78 is 0. The number of carbonyl (C=O) groups is 4. The molecule has 1 rings (SSSR count). The Morgan fingerprint density at radius 1 is 1.00 bits per heavy atom. The molecule has 0 aliphatic carbocycles. The number of hydrogen-bond donors (Lipinski definition) is 3. The number of amides is 2. The third kappa shape index (κ3) is 7.91. The van der Waals surface area contributed by atoms with Crippen LogP contribution in [0, 0.1) is 0 Å². The van der Waals surface area contributed by atoms with Gasteiger partial charge in [-0.3, -0.25) is 14.9 Å². The normalized spacial score (nSPS) is 13.3. The quantitative estimate of drug-likeness (QED) is 0.396. The van der Waals surface area contributed by atoms with Crippen molar-refractivity contribution in [2.45, 2.75) is 0 Å². The predicted octanol–water partition coefficient (Wildman–Crippen LogP) is -1.09. The van der Waals surface area contributed by atoms with Crippen LogP contribution in [0.2, 0.25) is 0 Å². The van der Waals surface area contributed by atoms with Gasteiger partial charge in [0.1, 0.15) is 0 Å². The highest BCUT2D eigenvalue weighted by Gasteiger charge is 2.06. The molecule has 0 unspecified atom stereocenters. The van der Waals surface area contributed by atoms with E-state index in [4.69, 9.17) is 10.2 Å². The molecule has 0 aromatic rings. The highest BCUT2D eigenvalue weighted by atomic mass is 16.4. The second-order valence-corrected chi connectivity index (χ2v) is 2.20. The average Bonchev–Trinajstić information content (AvgIpc) is 2.47. The summed E-state index contributed by atoms with van der Waals surface area (Å²) in [5.74, 6) is -3.17. The lowest BCUT2D eigenvalue weighted by atomic mass is 10.5. The number of carboxylic acids is 2. The molecule has 0 fully saturated rings. The van der Waals surface area contributed by atoms with E-state index in [0.29, 0.717) is 12.2 Å². The molecule has 0 saturated carbocycles. The third-order valence-electron chi connectivity index (χ3n) is 1.00. The van der Waals surface area contributed by atoms with Crippen LogP contribution in [-0.4, -0.2) is 34.0 Å². The van der Waals surface area contributed by atoms with Gasteiger partial charge in [0, 0.05) is 24.3 Å². The predicted molar refractivity (Wildman–Crippen MR) is 46.7 cm³/mol. The summed E-state index contributed by atoms with van der Waals surface area (Å²) in [6, 6.07) is 0. The smallest absolute Gasteiger partial charge is 0.328 e. The number of rotatable bonds is 2. The molecule has 2 amide bonds. The van der Waals surface area contributed by atoms with Crippen LogP contribution in [0.25, 0.3) is 0 Å². The Morgan fingerprint density at radius 2 is 1.33 bits per heavy atom. The number of carbonyl (C=O) groups excluding carboxylic acids is 2. The largest absolute Gasteiger partial charge is 0.478 e. The van der Waals surface area contributed by atoms with Crippen LogP contribution in [0.4, 0.5) is 0 Å². The van der Waals surface area contributed by atoms with Crippen molar-refractivity contribution in [2.24, 2.45) is 0 Å². The molecule has 0 radical (unpaired) electrons. The molecular weight excluding hydrogens is 206 g/mol. The minimum Gasteiger partial charge on any atom is -0.478 e. The Morgan fingerprint density at radius 3 is 1.47 bits per heavy atom. The van der Waals surface area contributed by atoms with Gasteiger partial charge in [-0.1, -0.05) is 0 Å². The summed E-state index contributed by atoms with van der Waals surface area (Å²) in [6.07, 6.45) is 3.51. The molecule has 1 aliphatic rings. The van der Waals surface area contributed by atoms with E-state index in [9.17, 15) is 19.2 Å². The fourth-order valence-electron chi connectivity index (χ4n) is 0.499. The minimum atomic E-state index is -1.26. The van der Waals surface area contributed by atoms with Gasteiger partial charge >= 0.3 is 11.9 Å². The van der Waals surface area contributed by atoms with E-state index in [-0.39, 0.29) is 11.8 Å². The van der Waals surface area contributed by atoms with E-state index in [0.717, 1.165) is 0 Å². The second-order valence-electron chi connectivity index (χ2n) is 2.20. The van der Waals surface area contributed by atoms with Crippen molar-refractivity contribution in [3.05, 3.63) is 24.3 Å². The fourth-order valence-corrected chi connectivity index (χ4v) is 0.499. The lowest BCUT2D eigenvalue weighted by molar-refractivity contribution is -0.134. The van der Waals surface area contributed by atoms with E-state index in [1.165, 1.54) is 12.2 Å². The van der Waals surface area contributed by atoms with Crippen LogP contribution < -0.4 is 5.32 Å². The molecule has 0 aromatic heterocycles. The first kappa shape index (κ1) is 12.6. The maximum atomic E-state index is 10.0. The van der Waals surface area contributed by atoms with Crippen LogP contribution in [0.3, 0.4) is 0 Å². The molecule has 7 heteroatoms. The molecule has 1 aliphatic heterocycles. The number of nitrogens with one attached hydrogen (secondary N) is 1. The Bertz CT molecular complexity index is 322. The molecular formula is C8H7NO6. The van der Waals surface area contributed by atoms with E-state index >= 15 is 0 Å². The van der Waals surface area contributed by atoms with Crippen molar-refractivity contribution in [3.8, 4) is 0 Å². The molecule has 0 spiro atoms. The molecule has 0 bridgehead atoms. The van der Waals surface area contributed by atoms with E-state index in [1.807, 2.05) is 5.32 Å². The number of hydrogen-bond acceptors (Lipinski definition) is 4. The zero-order valence-corrected chi connectivity index (χ0v) is 7.34. The summed E-state index contributed by atoms with van der Waals surface area (Å²) in [4.78, 5) is 39.2. The maximum Gasteiger partial charge on any atom is 0.328 e. The number of aliphatic carboxylic acids is 2. The Labute approximate surface area is 83.7 Å². The van der Waals surface area contributed by atoms with Gasteiger partial charge in [0.15, 0.2) is 0 Å². The van der Waals surface area contributed by atoms with E-state index in [2.05, 4.69) is 0 Å². The number of imide groups is 1. The van der Waals surface area contributed by atoms with Crippen molar-refractivity contribution in [2.75, 3.05) is 0 Å². The van der Waals surface area contributed by atoms with Gasteiger partial charge < -0.3 is 10.2 Å². The lowest BCUT2D eigenvalue weighted by Crippen LogP contribution is -2.19. The molecule has 7 nitrogen and oxygen atoms in total. The van der Waals surface area contributed by atoms with Crippen LogP contribution in [0.15, 0.2) is 24.3 Å². The van der Waals surface area contributed by atoms with Crippen molar-refractivity contribution in [3.63, 3.8) is 0 Å². The summed E-state index contributed by atoms with van der Waals surface area (Å²) >= 11 is 0. The van der Waals surface area contributed by atoms with Crippen molar-refractivity contribution >= 4 is 23.8 Å². The molecule has 15 heavy (non-hydrogen) atoms. The molecule has 0 atom stereocenters. The summed E-state index contributed by atoms with van der Waals surface area (Å²) in [7, 11) is 0. The van der Waals surface area contributed by atoms with Crippen molar-refractivity contribution < 1.29 is 29.4 Å². The van der Waals surface area contributed by atoms with Gasteiger partial charge in [-0.15, -0.1) is 0 Å². The van der Waals surface area contributed by atoms with Crippen LogP contribution >= 0.6 is 0 Å². The van der Waals surface area contributed by atoms with Gasteiger partial charge in [0.05, 0.1) is 0 Å². The topological polar surface area (TPSA) is 121 Å². The van der Waals surface area contributed by atoms with Crippen LogP contribution in [0.1, 0.15) is 0 Å². The van der Waals surface area contributed by atoms with Crippen molar-refractivity contribution in [1.29, 1.82) is 0 Å². The average molecular weight is 213 g/mol. The van der Waals surface area contributed by atoms with E-state index in [1.54, 1.807) is 0 Å². The molecule has 0 aromatic carbocycles. The maximum absolute atomic E-state index is 10.0. The summed E-state index contributed by atoms with van der Waals surface area (Å²) in [6.45, 7) is 0. The van der Waals surface area contributed by atoms with Gasteiger partial charge in [0.2, 0.25) is 0 Å². The van der Waals surface area contributed by atoms with Crippen LogP contribution in [0.5, 0.6) is 0 Å². The zero-order chi connectivity index (χ0) is 11.8. The molecule has 3 N–H and O–H groups in total. The first-order valence-electron chi connectivity index (χ1n) is 3.59. The lowest BCUT2D eigenvalue weighted by Gasteiger charge is -1.80. The third-order valence-corrected chi connectivity index (χ3v) is 1.00. The highest BCUT2D eigenvalue weighted by Crippen LogP contribution is 1.82. The monoisotopic (exact) mass is 213 g/mol. The minimum absolute atomic E-state index is 0.329. The van der Waals surface area contributed by atoms with Gasteiger partial charge in [-0.05, 0) is 0 Å². The highest BCUT2D eigenvalue weighted by molar-refractivity contribution is 6.12. The summed E-state index contributed by atoms with van der Waals surface area (Å²) in [5, 5.41) is 17.7. The Hall–Kier alpha value is -2.44. The van der Waals surface area contributed by atoms with Crippen molar-refractivity contribution in [1.82, 2.24) is 5.32 Å². The number of carboxylic acid groups (broad SMARTS) is 2. The Kier molecular flexibility index (Phi) is 5.09. The first-order valence-corrected chi connectivity index (χ1v) is 3.59. The fraction of sp³-hybridized carbons (Fsp3) is 0. The molecule has 1 heterocycles.